The van der Waals surface area contributed by atoms with Crippen LogP contribution in [-0.2, 0) is 11.2 Å². The molecule has 0 bridgehead atoms. The molecule has 1 N–H and O–H groups in total. The molecule has 7 heteroatoms. The number of nitrogens with one attached hydrogen (secondary N) is 1. The van der Waals surface area contributed by atoms with Gasteiger partial charge in [-0.25, -0.2) is 8.78 Å². The Balaban J connectivity index is 0.000000216. The van der Waals surface area contributed by atoms with Gasteiger partial charge in [-0.15, -0.1) is 0 Å². The quantitative estimate of drug-likeness (QED) is 0.610. The van der Waals surface area contributed by atoms with E-state index in [-0.39, 0.29) is 19.0 Å². The molecule has 1 saturated heterocycles. The van der Waals surface area contributed by atoms with E-state index in [1.165, 1.54) is 16.6 Å². The summed E-state index contributed by atoms with van der Waals surface area (Å²) in [7, 11) is 0. The Kier molecular flexibility index (Phi) is 7.40. The van der Waals surface area contributed by atoms with Gasteiger partial charge in [0.15, 0.2) is 0 Å². The maximum absolute atomic E-state index is 12.5. The van der Waals surface area contributed by atoms with Crippen LogP contribution in [0, 0.1) is 5.92 Å². The van der Waals surface area contributed by atoms with E-state index in [0.29, 0.717) is 12.5 Å². The Morgan fingerprint density at radius 3 is 2.70 bits per heavy atom. The molecule has 166 valence electrons. The number of hydrogen-bond acceptors (Lipinski definition) is 2. The van der Waals surface area contributed by atoms with E-state index in [0.717, 1.165) is 49.3 Å². The van der Waals surface area contributed by atoms with Crippen LogP contribution in [0.1, 0.15) is 57.3 Å². The number of halogens is 3. The Hall–Kier alpha value is -1.66. The van der Waals surface area contributed by atoms with Crippen LogP contribution in [-0.4, -0.2) is 53.3 Å². The third-order valence-electron chi connectivity index (χ3n) is 5.87. The topological polar surface area (TPSA) is 39.3 Å². The lowest BCUT2D eigenvalue weighted by atomic mass is 9.92. The highest BCUT2D eigenvalue weighted by Gasteiger charge is 2.37. The number of carbonyl (C=O) groups excluding carboxylic acids is 1. The normalized spacial score (nSPS) is 20.9. The van der Waals surface area contributed by atoms with Crippen molar-refractivity contribution in [3.05, 3.63) is 34.5 Å². The number of likely N-dealkylation sites (tertiary alicyclic amines) is 1. The first-order valence-electron chi connectivity index (χ1n) is 10.8. The summed E-state index contributed by atoms with van der Waals surface area (Å²) >= 11 is 6.11. The summed E-state index contributed by atoms with van der Waals surface area (Å²) in [6.07, 6.45) is 3.87. The molecular weight excluding hydrogens is 408 g/mol. The predicted octanol–water partition coefficient (Wildman–Crippen LogP) is 5.66. The van der Waals surface area contributed by atoms with Crippen LogP contribution in [0.15, 0.2) is 18.2 Å². The highest BCUT2D eigenvalue weighted by atomic mass is 35.5. The van der Waals surface area contributed by atoms with Crippen LogP contribution in [0.3, 0.4) is 0 Å². The van der Waals surface area contributed by atoms with Gasteiger partial charge in [-0.05, 0) is 55.5 Å². The van der Waals surface area contributed by atoms with Gasteiger partial charge >= 0.3 is 0 Å². The Morgan fingerprint density at radius 2 is 2.10 bits per heavy atom. The zero-order chi connectivity index (χ0) is 21.9. The summed E-state index contributed by atoms with van der Waals surface area (Å²) in [5, 5.41) is 1.96. The van der Waals surface area contributed by atoms with E-state index < -0.39 is 5.92 Å². The Labute approximate surface area is 182 Å². The summed E-state index contributed by atoms with van der Waals surface area (Å²) < 4.78 is 25.0. The number of aromatic amines is 1. The number of benzene rings is 1. The molecule has 4 nitrogen and oxygen atoms in total. The highest BCUT2D eigenvalue weighted by molar-refractivity contribution is 6.31. The van der Waals surface area contributed by atoms with Gasteiger partial charge in [0.1, 0.15) is 0 Å². The average Bonchev–Trinajstić information content (AvgIpc) is 3.22. The molecule has 1 aromatic carbocycles. The smallest absolute Gasteiger partial charge is 0.261 e. The summed E-state index contributed by atoms with van der Waals surface area (Å²) in [4.78, 5) is 18.6. The van der Waals surface area contributed by atoms with Gasteiger partial charge in [-0.3, -0.25) is 9.69 Å². The fraction of sp³-hybridized carbons (Fsp3) is 0.609. The average molecular weight is 440 g/mol. The SMILES string of the molecule is CC(C)CC1c2[nH]c3ccc(Cl)cc3c2CCN1C=O.CCCN1CCC(F)(F)C1. The van der Waals surface area contributed by atoms with Gasteiger partial charge in [0.25, 0.3) is 5.92 Å². The van der Waals surface area contributed by atoms with Crippen LogP contribution < -0.4 is 0 Å². The first-order chi connectivity index (χ1) is 14.2. The molecular formula is C23H32ClF2N3O. The van der Waals surface area contributed by atoms with Gasteiger partial charge in [0.05, 0.1) is 12.6 Å². The molecule has 0 radical (unpaired) electrons. The molecule has 2 aliphatic rings. The lowest BCUT2D eigenvalue weighted by Crippen LogP contribution is -2.35. The zero-order valence-electron chi connectivity index (χ0n) is 18.1. The second kappa shape index (κ2) is 9.65. The lowest BCUT2D eigenvalue weighted by molar-refractivity contribution is -0.121. The summed E-state index contributed by atoms with van der Waals surface area (Å²) in [6, 6.07) is 6.10. The molecule has 30 heavy (non-hydrogen) atoms. The Bertz CT molecular complexity index is 867. The van der Waals surface area contributed by atoms with E-state index >= 15 is 0 Å². The van der Waals surface area contributed by atoms with Crippen molar-refractivity contribution >= 4 is 28.9 Å². The number of aromatic nitrogens is 1. The fourth-order valence-electron chi connectivity index (χ4n) is 4.50. The summed E-state index contributed by atoms with van der Waals surface area (Å²) in [5.74, 6) is -1.86. The maximum Gasteiger partial charge on any atom is 0.261 e. The number of nitrogens with zero attached hydrogens (tertiary/aromatic N) is 2. The van der Waals surface area contributed by atoms with Crippen LogP contribution in [0.2, 0.25) is 5.02 Å². The minimum absolute atomic E-state index is 0.0269. The van der Waals surface area contributed by atoms with E-state index in [2.05, 4.69) is 18.8 Å². The second-order valence-electron chi connectivity index (χ2n) is 8.83. The van der Waals surface area contributed by atoms with Gasteiger partial charge < -0.3 is 9.88 Å². The van der Waals surface area contributed by atoms with Crippen molar-refractivity contribution in [2.24, 2.45) is 5.92 Å². The first-order valence-corrected chi connectivity index (χ1v) is 11.2. The van der Waals surface area contributed by atoms with Gasteiger partial charge in [-0.1, -0.05) is 32.4 Å². The molecule has 1 unspecified atom stereocenters. The van der Waals surface area contributed by atoms with E-state index in [1.54, 1.807) is 0 Å². The van der Waals surface area contributed by atoms with Gasteiger partial charge in [0.2, 0.25) is 6.41 Å². The number of rotatable bonds is 5. The molecule has 1 aromatic heterocycles. The van der Waals surface area contributed by atoms with Crippen LogP contribution >= 0.6 is 11.6 Å². The van der Waals surface area contributed by atoms with E-state index in [4.69, 9.17) is 11.6 Å². The van der Waals surface area contributed by atoms with Crippen LogP contribution in [0.25, 0.3) is 10.9 Å². The first kappa shape index (κ1) is 23.0. The van der Waals surface area contributed by atoms with Crippen molar-refractivity contribution in [3.8, 4) is 0 Å². The number of carbonyl (C=O) groups is 1. The van der Waals surface area contributed by atoms with Crippen LogP contribution in [0.5, 0.6) is 0 Å². The number of H-pyrrole nitrogens is 1. The van der Waals surface area contributed by atoms with E-state index in [9.17, 15) is 13.6 Å². The monoisotopic (exact) mass is 439 g/mol. The van der Waals surface area contributed by atoms with Crippen molar-refractivity contribution in [1.29, 1.82) is 0 Å². The molecule has 3 heterocycles. The number of alkyl halides is 2. The van der Waals surface area contributed by atoms with Gasteiger partial charge in [-0.2, -0.15) is 0 Å². The highest BCUT2D eigenvalue weighted by Crippen LogP contribution is 2.37. The van der Waals surface area contributed by atoms with Crippen molar-refractivity contribution in [3.63, 3.8) is 0 Å². The zero-order valence-corrected chi connectivity index (χ0v) is 18.8. The Morgan fingerprint density at radius 1 is 1.33 bits per heavy atom. The predicted molar refractivity (Wildman–Crippen MR) is 118 cm³/mol. The lowest BCUT2D eigenvalue weighted by Gasteiger charge is -2.34. The van der Waals surface area contributed by atoms with Crippen molar-refractivity contribution in [2.45, 2.75) is 58.4 Å². The maximum atomic E-state index is 12.5. The standard InChI is InChI=1S/C16H19ClN2O.C7H13F2N/c1-10(2)7-15-16-12(5-6-19(15)9-20)13-8-11(17)3-4-14(13)18-16;1-2-4-10-5-3-7(8,9)6-10/h3-4,8-10,15,18H,5-7H2,1-2H3;2-6H2,1H3. The minimum atomic E-state index is -2.41. The number of hydrogen-bond donors (Lipinski definition) is 1. The fourth-order valence-corrected chi connectivity index (χ4v) is 4.67. The molecule has 2 aromatic rings. The molecule has 0 aliphatic carbocycles. The molecule has 1 fully saturated rings. The summed E-state index contributed by atoms with van der Waals surface area (Å²) in [6.45, 7) is 8.54. The molecule has 2 aliphatic heterocycles. The molecule has 1 atom stereocenters. The second-order valence-corrected chi connectivity index (χ2v) is 9.26. The van der Waals surface area contributed by atoms with Gasteiger partial charge in [0, 0.05) is 41.1 Å². The third kappa shape index (κ3) is 5.33. The van der Waals surface area contributed by atoms with Crippen molar-refractivity contribution in [1.82, 2.24) is 14.8 Å². The van der Waals surface area contributed by atoms with Crippen LogP contribution in [0.4, 0.5) is 8.78 Å². The van der Waals surface area contributed by atoms with Crippen molar-refractivity contribution < 1.29 is 13.6 Å². The number of fused-ring (bicyclic) bond motifs is 3. The minimum Gasteiger partial charge on any atom is -0.356 e. The molecule has 0 saturated carbocycles. The number of amides is 1. The third-order valence-corrected chi connectivity index (χ3v) is 6.11. The van der Waals surface area contributed by atoms with E-state index in [1.807, 2.05) is 34.9 Å². The molecule has 4 rings (SSSR count). The molecule has 1 amide bonds. The summed E-state index contributed by atoms with van der Waals surface area (Å²) in [5.41, 5.74) is 3.63. The largest absolute Gasteiger partial charge is 0.356 e. The van der Waals surface area contributed by atoms with Crippen molar-refractivity contribution in [2.75, 3.05) is 26.2 Å². The molecule has 0 spiro atoms.